The van der Waals surface area contributed by atoms with Crippen LogP contribution in [-0.4, -0.2) is 24.0 Å². The molecule has 2 aromatic rings. The van der Waals surface area contributed by atoms with E-state index in [-0.39, 0.29) is 11.0 Å². The Balaban J connectivity index is 2.14. The minimum absolute atomic E-state index is 0.0699. The first-order valence-electron chi connectivity index (χ1n) is 8.78. The third-order valence-electron chi connectivity index (χ3n) is 4.58. The fraction of sp³-hybridized carbons (Fsp3) is 0.500. The second-order valence-electron chi connectivity index (χ2n) is 8.08. The molecule has 0 radical (unpaired) electrons. The number of hydrogen-bond acceptors (Lipinski definition) is 2. The molecule has 0 saturated carbocycles. The molecule has 1 aliphatic heterocycles. The molecule has 2 N–H and O–H groups in total. The number of nitrogens with two attached hydrogens (primary N) is 1. The first kappa shape index (κ1) is 19.0. The molecule has 0 unspecified atom stereocenters. The van der Waals surface area contributed by atoms with Crippen molar-refractivity contribution in [2.24, 2.45) is 11.1 Å². The van der Waals surface area contributed by atoms with Gasteiger partial charge in [-0.1, -0.05) is 39.0 Å². The zero-order valence-corrected chi connectivity index (χ0v) is 15.4. The number of aromatic nitrogens is 1. The van der Waals surface area contributed by atoms with Crippen LogP contribution in [0.3, 0.4) is 0 Å². The Kier molecular flexibility index (Phi) is 4.92. The van der Waals surface area contributed by atoms with Gasteiger partial charge in [0.2, 0.25) is 0 Å². The number of fused-ring (bicyclic) bond motifs is 1. The molecule has 0 fully saturated rings. The Hall–Kier alpha value is -1.79. The lowest BCUT2D eigenvalue weighted by Gasteiger charge is -2.20. The molecule has 26 heavy (non-hydrogen) atoms. The Bertz CT molecular complexity index is 828. The Morgan fingerprint density at radius 3 is 2.54 bits per heavy atom. The van der Waals surface area contributed by atoms with Gasteiger partial charge >= 0.3 is 6.18 Å². The molecule has 3 nitrogen and oxygen atoms in total. The van der Waals surface area contributed by atoms with Gasteiger partial charge in [-0.2, -0.15) is 13.2 Å². The lowest BCUT2D eigenvalue weighted by atomic mass is 9.96. The van der Waals surface area contributed by atoms with Crippen LogP contribution in [0.4, 0.5) is 13.2 Å². The molecule has 1 atom stereocenters. The van der Waals surface area contributed by atoms with Crippen LogP contribution in [-0.2, 0) is 11.3 Å². The Labute approximate surface area is 151 Å². The molecular formula is C20H25F3N2O. The molecule has 1 aromatic carbocycles. The average Bonchev–Trinajstić information content (AvgIpc) is 2.90. The maximum Gasteiger partial charge on any atom is 0.407 e. The van der Waals surface area contributed by atoms with Crippen LogP contribution in [0.15, 0.2) is 30.5 Å². The molecule has 3 rings (SSSR count). The minimum Gasteiger partial charge on any atom is -0.377 e. The number of nitrogens with zero attached hydrogens (tertiary/aromatic N) is 1. The number of rotatable bonds is 3. The summed E-state index contributed by atoms with van der Waals surface area (Å²) in [5.74, 6) is 0. The molecule has 0 amide bonds. The topological polar surface area (TPSA) is 40.2 Å². The second kappa shape index (κ2) is 6.74. The fourth-order valence-electron chi connectivity index (χ4n) is 3.38. The molecule has 142 valence electrons. The van der Waals surface area contributed by atoms with E-state index in [4.69, 9.17) is 10.5 Å². The highest BCUT2D eigenvalue weighted by Gasteiger charge is 2.39. The van der Waals surface area contributed by atoms with Crippen LogP contribution < -0.4 is 5.73 Å². The summed E-state index contributed by atoms with van der Waals surface area (Å²) in [6.07, 6.45) is -0.0660. The summed E-state index contributed by atoms with van der Waals surface area (Å²) in [6, 6.07) is 3.64. The van der Waals surface area contributed by atoms with Gasteiger partial charge in [0.05, 0.1) is 13.2 Å². The SMILES string of the molecule is CC(C)(C)Cn1cc([C@H](N)C(F)(F)F)c2ccc(C3=CCOCC3)cc21. The van der Waals surface area contributed by atoms with Crippen LogP contribution in [0.2, 0.25) is 0 Å². The number of hydrogen-bond donors (Lipinski definition) is 1. The van der Waals surface area contributed by atoms with Crippen molar-refractivity contribution >= 4 is 16.5 Å². The Morgan fingerprint density at radius 2 is 1.96 bits per heavy atom. The van der Waals surface area contributed by atoms with Crippen LogP contribution >= 0.6 is 0 Å². The van der Waals surface area contributed by atoms with Crippen molar-refractivity contribution in [1.29, 1.82) is 0 Å². The Morgan fingerprint density at radius 1 is 1.23 bits per heavy atom. The summed E-state index contributed by atoms with van der Waals surface area (Å²) in [5, 5.41) is 0.565. The predicted octanol–water partition coefficient (Wildman–Crippen LogP) is 5.05. The number of ether oxygens (including phenoxy) is 1. The lowest BCUT2D eigenvalue weighted by Crippen LogP contribution is -2.28. The van der Waals surface area contributed by atoms with Crippen LogP contribution in [0.25, 0.3) is 16.5 Å². The van der Waals surface area contributed by atoms with Gasteiger partial charge in [-0.05, 0) is 29.0 Å². The molecular weight excluding hydrogens is 341 g/mol. The molecule has 2 heterocycles. The van der Waals surface area contributed by atoms with E-state index in [1.54, 1.807) is 12.3 Å². The van der Waals surface area contributed by atoms with Gasteiger partial charge in [-0.15, -0.1) is 0 Å². The van der Waals surface area contributed by atoms with E-state index < -0.39 is 12.2 Å². The molecule has 1 aliphatic rings. The van der Waals surface area contributed by atoms with Crippen molar-refractivity contribution in [2.75, 3.05) is 13.2 Å². The zero-order chi connectivity index (χ0) is 19.1. The number of benzene rings is 1. The van der Waals surface area contributed by atoms with E-state index in [1.807, 2.05) is 22.8 Å². The second-order valence-corrected chi connectivity index (χ2v) is 8.08. The highest BCUT2D eigenvalue weighted by atomic mass is 19.4. The maximum absolute atomic E-state index is 13.2. The van der Waals surface area contributed by atoms with E-state index in [1.165, 1.54) is 5.57 Å². The van der Waals surface area contributed by atoms with Gasteiger partial charge < -0.3 is 15.0 Å². The molecule has 6 heteroatoms. The molecule has 0 saturated heterocycles. The zero-order valence-electron chi connectivity index (χ0n) is 15.4. The third kappa shape index (κ3) is 3.96. The number of halogens is 3. The summed E-state index contributed by atoms with van der Waals surface area (Å²) in [5.41, 5.74) is 8.58. The molecule has 0 spiro atoms. The fourth-order valence-corrected chi connectivity index (χ4v) is 3.38. The van der Waals surface area contributed by atoms with Crippen molar-refractivity contribution in [3.63, 3.8) is 0 Å². The van der Waals surface area contributed by atoms with Crippen molar-refractivity contribution in [3.8, 4) is 0 Å². The monoisotopic (exact) mass is 366 g/mol. The standard InChI is InChI=1S/C20H25F3N2O/c1-19(2,3)12-25-11-16(18(24)20(21,22)23)15-5-4-14(10-17(15)25)13-6-8-26-9-7-13/h4-6,10-11,18H,7-9,12,24H2,1-3H3/t18-/m0/s1. The maximum atomic E-state index is 13.2. The van der Waals surface area contributed by atoms with Crippen molar-refractivity contribution in [3.05, 3.63) is 41.6 Å². The van der Waals surface area contributed by atoms with Gasteiger partial charge in [0, 0.05) is 29.2 Å². The summed E-state index contributed by atoms with van der Waals surface area (Å²) in [6.45, 7) is 8.03. The molecule has 0 bridgehead atoms. The van der Waals surface area contributed by atoms with Crippen molar-refractivity contribution in [2.45, 2.75) is 46.0 Å². The van der Waals surface area contributed by atoms with Crippen LogP contribution in [0.5, 0.6) is 0 Å². The van der Waals surface area contributed by atoms with E-state index in [0.717, 1.165) is 17.5 Å². The van der Waals surface area contributed by atoms with E-state index in [9.17, 15) is 13.2 Å². The quantitative estimate of drug-likeness (QED) is 0.825. The average molecular weight is 366 g/mol. The smallest absolute Gasteiger partial charge is 0.377 e. The minimum atomic E-state index is -4.47. The van der Waals surface area contributed by atoms with Gasteiger partial charge in [-0.25, -0.2) is 0 Å². The van der Waals surface area contributed by atoms with Gasteiger partial charge in [-0.3, -0.25) is 0 Å². The molecule has 1 aromatic heterocycles. The first-order valence-corrected chi connectivity index (χ1v) is 8.78. The summed E-state index contributed by atoms with van der Waals surface area (Å²) < 4.78 is 46.9. The summed E-state index contributed by atoms with van der Waals surface area (Å²) >= 11 is 0. The highest BCUT2D eigenvalue weighted by Crippen LogP contribution is 2.37. The number of alkyl halides is 3. The van der Waals surface area contributed by atoms with E-state index in [2.05, 4.69) is 20.8 Å². The van der Waals surface area contributed by atoms with Crippen LogP contribution in [0, 0.1) is 5.41 Å². The van der Waals surface area contributed by atoms with E-state index >= 15 is 0 Å². The molecule has 0 aliphatic carbocycles. The van der Waals surface area contributed by atoms with Gasteiger partial charge in [0.1, 0.15) is 6.04 Å². The van der Waals surface area contributed by atoms with Gasteiger partial charge in [0.15, 0.2) is 0 Å². The highest BCUT2D eigenvalue weighted by molar-refractivity contribution is 5.88. The third-order valence-corrected chi connectivity index (χ3v) is 4.58. The lowest BCUT2D eigenvalue weighted by molar-refractivity contribution is -0.148. The summed E-state index contributed by atoms with van der Waals surface area (Å²) in [4.78, 5) is 0. The van der Waals surface area contributed by atoms with Gasteiger partial charge in [0.25, 0.3) is 0 Å². The summed E-state index contributed by atoms with van der Waals surface area (Å²) in [7, 11) is 0. The predicted molar refractivity (Wildman–Crippen MR) is 97.8 cm³/mol. The van der Waals surface area contributed by atoms with Crippen molar-refractivity contribution < 1.29 is 17.9 Å². The first-order chi connectivity index (χ1) is 12.1. The van der Waals surface area contributed by atoms with E-state index in [0.29, 0.717) is 25.1 Å². The van der Waals surface area contributed by atoms with Crippen molar-refractivity contribution in [1.82, 2.24) is 4.57 Å². The largest absolute Gasteiger partial charge is 0.407 e. The van der Waals surface area contributed by atoms with Crippen LogP contribution in [0.1, 0.15) is 44.4 Å². The normalized spacial score (nSPS) is 17.4.